The average Bonchev–Trinajstić information content (AvgIpc) is 3.66. The number of hydrogen-bond acceptors (Lipinski definition) is 2. The second-order valence-electron chi connectivity index (χ2n) is 14.1. The number of anilines is 3. The van der Waals surface area contributed by atoms with Gasteiger partial charge < -0.3 is 9.32 Å². The largest absolute Gasteiger partial charge is 0.456 e. The summed E-state index contributed by atoms with van der Waals surface area (Å²) in [6, 6.07) is 80.2. The van der Waals surface area contributed by atoms with Gasteiger partial charge in [0.1, 0.15) is 11.2 Å². The van der Waals surface area contributed by atoms with Crippen molar-refractivity contribution in [1.82, 2.24) is 0 Å². The first kappa shape index (κ1) is 33.2. The first-order valence-corrected chi connectivity index (χ1v) is 19.1. The quantitative estimate of drug-likeness (QED) is 0.156. The summed E-state index contributed by atoms with van der Waals surface area (Å²) in [6.07, 6.45) is 0. The highest BCUT2D eigenvalue weighted by atomic mass is 16.3. The zero-order chi connectivity index (χ0) is 37.3. The third-order valence-electron chi connectivity index (χ3n) is 10.7. The minimum Gasteiger partial charge on any atom is -0.456 e. The van der Waals surface area contributed by atoms with Crippen molar-refractivity contribution in [2.45, 2.75) is 0 Å². The van der Waals surface area contributed by atoms with Gasteiger partial charge in [-0.3, -0.25) is 0 Å². The molecule has 0 N–H and O–H groups in total. The maximum Gasteiger partial charge on any atom is 0.135 e. The van der Waals surface area contributed by atoms with Gasteiger partial charge in [-0.05, 0) is 80.9 Å². The molecule has 10 aromatic rings. The van der Waals surface area contributed by atoms with Crippen LogP contribution < -0.4 is 4.90 Å². The lowest BCUT2D eigenvalue weighted by Gasteiger charge is -2.31. The number of hydrogen-bond donors (Lipinski definition) is 0. The highest BCUT2D eigenvalue weighted by Crippen LogP contribution is 2.50. The Morgan fingerprint density at radius 2 is 0.768 bits per heavy atom. The van der Waals surface area contributed by atoms with E-state index < -0.39 is 0 Å². The molecule has 0 amide bonds. The van der Waals surface area contributed by atoms with Crippen molar-refractivity contribution >= 4 is 39.0 Å². The molecule has 0 atom stereocenters. The van der Waals surface area contributed by atoms with E-state index in [0.717, 1.165) is 72.4 Å². The molecule has 1 aromatic heterocycles. The van der Waals surface area contributed by atoms with E-state index in [1.165, 1.54) is 22.3 Å². The van der Waals surface area contributed by atoms with Gasteiger partial charge in [-0.1, -0.05) is 188 Å². The van der Waals surface area contributed by atoms with Crippen LogP contribution in [-0.4, -0.2) is 0 Å². The van der Waals surface area contributed by atoms with Crippen molar-refractivity contribution in [2.75, 3.05) is 4.90 Å². The van der Waals surface area contributed by atoms with Gasteiger partial charge in [0.15, 0.2) is 0 Å². The Kier molecular flexibility index (Phi) is 8.55. The fourth-order valence-corrected chi connectivity index (χ4v) is 8.09. The van der Waals surface area contributed by atoms with Crippen LogP contribution in [0.5, 0.6) is 0 Å². The maximum absolute atomic E-state index is 6.36. The number of fused-ring (bicyclic) bond motifs is 3. The highest BCUT2D eigenvalue weighted by molar-refractivity contribution is 6.08. The van der Waals surface area contributed by atoms with Crippen LogP contribution in [0.25, 0.3) is 77.6 Å². The molecule has 1 heterocycles. The van der Waals surface area contributed by atoms with Crippen molar-refractivity contribution in [2.24, 2.45) is 0 Å². The summed E-state index contributed by atoms with van der Waals surface area (Å²) < 4.78 is 6.36. The van der Waals surface area contributed by atoms with E-state index in [9.17, 15) is 0 Å². The molecule has 0 spiro atoms. The Hall–Kier alpha value is -7.42. The fraction of sp³-hybridized carbons (Fsp3) is 0. The minimum absolute atomic E-state index is 0.868. The van der Waals surface area contributed by atoms with Gasteiger partial charge in [-0.25, -0.2) is 0 Å². The standard InChI is InChI=1S/C54H37NO/c1-4-17-38(18-5-1)39-31-33-42(34-32-39)45-24-12-14-28-50(45)55(43-35-36-53-49(37-43)47-25-13-15-30-52(47)56-53)51-29-16-27-46(41-21-8-3-9-22-41)54(51)48-26-11-10-23-44(48)40-19-6-2-7-20-40/h1-37H. The number of rotatable bonds is 8. The van der Waals surface area contributed by atoms with Crippen LogP contribution in [-0.2, 0) is 0 Å². The fourth-order valence-electron chi connectivity index (χ4n) is 8.09. The van der Waals surface area contributed by atoms with Crippen LogP contribution in [0.4, 0.5) is 17.1 Å². The summed E-state index contributed by atoms with van der Waals surface area (Å²) in [5.41, 5.74) is 16.6. The maximum atomic E-state index is 6.36. The first-order chi connectivity index (χ1) is 27.8. The zero-order valence-electron chi connectivity index (χ0n) is 30.7. The Morgan fingerprint density at radius 3 is 1.50 bits per heavy atom. The van der Waals surface area contributed by atoms with Crippen LogP contribution >= 0.6 is 0 Å². The summed E-state index contributed by atoms with van der Waals surface area (Å²) >= 11 is 0. The summed E-state index contributed by atoms with van der Waals surface area (Å²) in [6.45, 7) is 0. The first-order valence-electron chi connectivity index (χ1n) is 19.1. The zero-order valence-corrected chi connectivity index (χ0v) is 30.7. The van der Waals surface area contributed by atoms with Crippen LogP contribution in [0, 0.1) is 0 Å². The monoisotopic (exact) mass is 715 g/mol. The molecule has 0 aliphatic heterocycles. The van der Waals surface area contributed by atoms with E-state index in [4.69, 9.17) is 4.42 Å². The van der Waals surface area contributed by atoms with E-state index in [1.54, 1.807) is 0 Å². The molecule has 56 heavy (non-hydrogen) atoms. The van der Waals surface area contributed by atoms with Gasteiger partial charge in [-0.2, -0.15) is 0 Å². The molecule has 0 unspecified atom stereocenters. The lowest BCUT2D eigenvalue weighted by Crippen LogP contribution is -2.13. The summed E-state index contributed by atoms with van der Waals surface area (Å²) in [5, 5.41) is 2.18. The molecule has 2 heteroatoms. The SMILES string of the molecule is c1ccc(-c2ccc(-c3ccccc3N(c3ccc4oc5ccccc5c4c3)c3cccc(-c4ccccc4)c3-c3ccccc3-c3ccccc3)cc2)cc1. The predicted octanol–water partition coefficient (Wildman–Crippen LogP) is 15.4. The summed E-state index contributed by atoms with van der Waals surface area (Å²) in [5.74, 6) is 0. The second kappa shape index (κ2) is 14.4. The van der Waals surface area contributed by atoms with Gasteiger partial charge in [0.25, 0.3) is 0 Å². The highest BCUT2D eigenvalue weighted by Gasteiger charge is 2.25. The molecule has 0 fully saturated rings. The van der Waals surface area contributed by atoms with Crippen molar-refractivity contribution in [3.63, 3.8) is 0 Å². The van der Waals surface area contributed by atoms with Gasteiger partial charge in [-0.15, -0.1) is 0 Å². The number of benzene rings is 9. The van der Waals surface area contributed by atoms with Crippen molar-refractivity contribution in [3.8, 4) is 55.6 Å². The van der Waals surface area contributed by atoms with E-state index in [-0.39, 0.29) is 0 Å². The molecule has 0 radical (unpaired) electrons. The van der Waals surface area contributed by atoms with Crippen LogP contribution in [0.1, 0.15) is 0 Å². The van der Waals surface area contributed by atoms with Crippen LogP contribution in [0.3, 0.4) is 0 Å². The van der Waals surface area contributed by atoms with E-state index in [1.807, 2.05) is 12.1 Å². The molecule has 0 bridgehead atoms. The third-order valence-corrected chi connectivity index (χ3v) is 10.7. The smallest absolute Gasteiger partial charge is 0.135 e. The van der Waals surface area contributed by atoms with Crippen molar-refractivity contribution < 1.29 is 4.42 Å². The molecule has 9 aromatic carbocycles. The molecule has 10 rings (SSSR count). The van der Waals surface area contributed by atoms with Gasteiger partial charge in [0.05, 0.1) is 11.4 Å². The second-order valence-corrected chi connectivity index (χ2v) is 14.1. The number of nitrogens with zero attached hydrogens (tertiary/aromatic N) is 1. The van der Waals surface area contributed by atoms with E-state index in [0.29, 0.717) is 0 Å². The Balaban J connectivity index is 1.26. The number of para-hydroxylation sites is 2. The van der Waals surface area contributed by atoms with E-state index in [2.05, 4.69) is 217 Å². The summed E-state index contributed by atoms with van der Waals surface area (Å²) in [4.78, 5) is 2.45. The summed E-state index contributed by atoms with van der Waals surface area (Å²) in [7, 11) is 0. The topological polar surface area (TPSA) is 16.4 Å². The molecular weight excluding hydrogens is 679 g/mol. The lowest BCUT2D eigenvalue weighted by atomic mass is 9.87. The Bertz CT molecular complexity index is 2950. The molecular formula is C54H37NO. The van der Waals surface area contributed by atoms with Gasteiger partial charge in [0, 0.05) is 27.6 Å². The molecule has 2 nitrogen and oxygen atoms in total. The Morgan fingerprint density at radius 1 is 0.286 bits per heavy atom. The van der Waals surface area contributed by atoms with Crippen LogP contribution in [0.15, 0.2) is 229 Å². The van der Waals surface area contributed by atoms with Crippen molar-refractivity contribution in [3.05, 3.63) is 224 Å². The molecule has 0 aliphatic carbocycles. The number of furan rings is 1. The molecule has 264 valence electrons. The Labute approximate surface area is 327 Å². The lowest BCUT2D eigenvalue weighted by molar-refractivity contribution is 0.669. The molecule has 0 saturated heterocycles. The third kappa shape index (κ3) is 6.04. The van der Waals surface area contributed by atoms with Gasteiger partial charge in [0.2, 0.25) is 0 Å². The molecule has 0 saturated carbocycles. The molecule has 0 aliphatic rings. The average molecular weight is 716 g/mol. The van der Waals surface area contributed by atoms with Crippen LogP contribution in [0.2, 0.25) is 0 Å². The van der Waals surface area contributed by atoms with Crippen molar-refractivity contribution in [1.29, 1.82) is 0 Å². The predicted molar refractivity (Wildman–Crippen MR) is 236 cm³/mol. The van der Waals surface area contributed by atoms with Gasteiger partial charge >= 0.3 is 0 Å². The normalized spacial score (nSPS) is 11.2. The minimum atomic E-state index is 0.868. The van der Waals surface area contributed by atoms with E-state index >= 15 is 0 Å².